The average Bonchev–Trinajstić information content (AvgIpc) is 3.79. The van der Waals surface area contributed by atoms with Gasteiger partial charge in [0.2, 0.25) is 0 Å². The van der Waals surface area contributed by atoms with E-state index >= 15 is 0 Å². The molecule has 0 bridgehead atoms. The summed E-state index contributed by atoms with van der Waals surface area (Å²) in [6, 6.07) is 9.93. The van der Waals surface area contributed by atoms with Gasteiger partial charge < -0.3 is 9.47 Å². The van der Waals surface area contributed by atoms with Gasteiger partial charge in [-0.25, -0.2) is 0 Å². The first-order valence-electron chi connectivity index (χ1n) is 19.2. The first-order valence-corrected chi connectivity index (χ1v) is 22.2. The molecule has 0 saturated heterocycles. The van der Waals surface area contributed by atoms with Crippen molar-refractivity contribution in [2.24, 2.45) is 5.92 Å². The fourth-order valence-electron chi connectivity index (χ4n) is 9.99. The van der Waals surface area contributed by atoms with E-state index in [0.29, 0.717) is 0 Å². The largest absolute Gasteiger partial charge is 0.496 e. The molecule has 0 N–H and O–H groups in total. The number of hydrogen-bond acceptors (Lipinski definition) is 2. The van der Waals surface area contributed by atoms with Gasteiger partial charge in [0.1, 0.15) is 11.5 Å². The molecule has 3 atom stereocenters. The van der Waals surface area contributed by atoms with Gasteiger partial charge in [-0.3, -0.25) is 0 Å². The van der Waals surface area contributed by atoms with Crippen molar-refractivity contribution in [3.8, 4) is 11.5 Å². The smallest absolute Gasteiger partial charge is 0.124 e. The molecule has 2 aromatic rings. The predicted molar refractivity (Wildman–Crippen MR) is 205 cm³/mol. The van der Waals surface area contributed by atoms with Crippen molar-refractivity contribution in [3.05, 3.63) is 46.5 Å². The van der Waals surface area contributed by atoms with Gasteiger partial charge in [0.05, 0.1) is 14.2 Å². The fraction of sp³-hybridized carbons (Fsp3) is 0.714. The average molecular weight is 721 g/mol. The van der Waals surface area contributed by atoms with Gasteiger partial charge in [-0.05, 0) is 160 Å². The summed E-state index contributed by atoms with van der Waals surface area (Å²) in [5, 5.41) is 3.12. The number of aryl methyl sites for hydroxylation is 4. The Morgan fingerprint density at radius 3 is 1.26 bits per heavy atom. The maximum Gasteiger partial charge on any atom is 0.124 e. The second kappa shape index (κ2) is 19.1. The molecule has 5 heteroatoms. The molecule has 0 heterocycles. The number of hydrogen-bond donors (Lipinski definition) is 0. The van der Waals surface area contributed by atoms with Crippen molar-refractivity contribution in [2.45, 2.75) is 173 Å². The zero-order chi connectivity index (χ0) is 32.6. The molecule has 47 heavy (non-hydrogen) atoms. The Labute approximate surface area is 302 Å². The van der Waals surface area contributed by atoms with Gasteiger partial charge in [0.15, 0.2) is 0 Å². The van der Waals surface area contributed by atoms with Crippen LogP contribution in [-0.2, 0) is 17.1 Å². The Hall–Kier alpha value is -0.581. The van der Waals surface area contributed by atoms with Crippen molar-refractivity contribution in [1.29, 1.82) is 0 Å². The molecule has 0 radical (unpaired) electrons. The van der Waals surface area contributed by atoms with Crippen LogP contribution in [-0.4, -0.2) is 36.9 Å². The Morgan fingerprint density at radius 1 is 0.532 bits per heavy atom. The quantitative estimate of drug-likeness (QED) is 0.190. The van der Waals surface area contributed by atoms with Gasteiger partial charge in [-0.2, -0.15) is 0 Å². The maximum absolute atomic E-state index is 5.83. The SMILES string of the molecule is C1CCCC1.COc1c(C)cc(P(c2cc(C)c(OC)c(C)c2)C2CCCC2C(C)P(C2CCCCC2)C2CCCCC2)cc1C.[Fe]. The maximum atomic E-state index is 5.83. The minimum atomic E-state index is -0.484. The van der Waals surface area contributed by atoms with Crippen LogP contribution in [0.4, 0.5) is 0 Å². The molecule has 6 rings (SSSR count). The molecule has 0 aromatic heterocycles. The van der Waals surface area contributed by atoms with Crippen molar-refractivity contribution >= 4 is 26.5 Å². The topological polar surface area (TPSA) is 18.5 Å². The molecule has 2 aromatic carbocycles. The van der Waals surface area contributed by atoms with Gasteiger partial charge in [-0.15, -0.1) is 0 Å². The Balaban J connectivity index is 0.000000762. The molecule has 0 aliphatic heterocycles. The zero-order valence-electron chi connectivity index (χ0n) is 31.0. The van der Waals surface area contributed by atoms with Crippen LogP contribution in [0.25, 0.3) is 0 Å². The van der Waals surface area contributed by atoms with E-state index in [2.05, 4.69) is 58.9 Å². The molecule has 4 aliphatic rings. The van der Waals surface area contributed by atoms with E-state index in [1.54, 1.807) is 10.6 Å². The fourth-order valence-corrected chi connectivity index (χ4v) is 18.4. The van der Waals surface area contributed by atoms with Gasteiger partial charge >= 0.3 is 0 Å². The monoisotopic (exact) mass is 720 g/mol. The van der Waals surface area contributed by atoms with Crippen LogP contribution >= 0.6 is 15.8 Å². The van der Waals surface area contributed by atoms with Crippen LogP contribution in [0.1, 0.15) is 145 Å². The van der Waals surface area contributed by atoms with Crippen LogP contribution in [0.3, 0.4) is 0 Å². The third-order valence-electron chi connectivity index (χ3n) is 12.1. The molecule has 4 aliphatic carbocycles. The van der Waals surface area contributed by atoms with Gasteiger partial charge in [0, 0.05) is 17.1 Å². The summed E-state index contributed by atoms with van der Waals surface area (Å²) < 4.78 is 11.7. The van der Waals surface area contributed by atoms with Crippen LogP contribution < -0.4 is 20.1 Å². The molecule has 0 spiro atoms. The summed E-state index contributed by atoms with van der Waals surface area (Å²) in [4.78, 5) is 0. The van der Waals surface area contributed by atoms with Crippen LogP contribution in [0, 0.1) is 33.6 Å². The number of benzene rings is 2. The van der Waals surface area contributed by atoms with E-state index in [4.69, 9.17) is 9.47 Å². The van der Waals surface area contributed by atoms with Crippen molar-refractivity contribution in [2.75, 3.05) is 14.2 Å². The van der Waals surface area contributed by atoms with E-state index < -0.39 is 7.92 Å². The molecule has 2 nitrogen and oxygen atoms in total. The normalized spacial score (nSPS) is 22.9. The summed E-state index contributed by atoms with van der Waals surface area (Å²) in [5.41, 5.74) is 8.83. The summed E-state index contributed by atoms with van der Waals surface area (Å²) in [5.74, 6) is 2.96. The van der Waals surface area contributed by atoms with E-state index in [-0.39, 0.29) is 25.0 Å². The standard InChI is InChI=1S/C37H56O2P2.C5H10.Fe/c1-25-21-32(22-26(2)36(25)38-6)41(33-23-27(3)37(39-7)28(4)24-33)35-20-14-19-34(35)29(5)40(30-15-10-8-11-16-30)31-17-12-9-13-18-31;1-2-4-5-3-1;/h21-24,29-31,34-35H,8-20H2,1-7H3;1-5H2;. The number of rotatable bonds is 9. The van der Waals surface area contributed by atoms with Crippen molar-refractivity contribution in [3.63, 3.8) is 0 Å². The van der Waals surface area contributed by atoms with Crippen molar-refractivity contribution < 1.29 is 26.5 Å². The number of ether oxygens (including phenoxy) is 2. The van der Waals surface area contributed by atoms with E-state index in [1.807, 2.05) is 14.2 Å². The third kappa shape index (κ3) is 9.60. The molecular weight excluding hydrogens is 654 g/mol. The van der Waals surface area contributed by atoms with E-state index in [9.17, 15) is 0 Å². The van der Waals surface area contributed by atoms with E-state index in [0.717, 1.165) is 40.1 Å². The molecule has 4 saturated carbocycles. The summed E-state index contributed by atoms with van der Waals surface area (Å²) in [6.45, 7) is 11.7. The third-order valence-corrected chi connectivity index (χ3v) is 19.0. The molecule has 4 fully saturated rings. The minimum absolute atomic E-state index is 0. The van der Waals surface area contributed by atoms with Crippen molar-refractivity contribution in [1.82, 2.24) is 0 Å². The zero-order valence-corrected chi connectivity index (χ0v) is 33.9. The first-order chi connectivity index (χ1) is 22.3. The first kappa shape index (κ1) is 39.2. The van der Waals surface area contributed by atoms with E-state index in [1.165, 1.54) is 138 Å². The molecule has 264 valence electrons. The Kier molecular flexibility index (Phi) is 16.0. The molecule has 0 amide bonds. The molecule has 3 unspecified atom stereocenters. The number of methoxy groups -OCH3 is 2. The van der Waals surface area contributed by atoms with Crippen LogP contribution in [0.5, 0.6) is 11.5 Å². The Bertz CT molecular complexity index is 1120. The summed E-state index contributed by atoms with van der Waals surface area (Å²) in [6.07, 6.45) is 26.7. The minimum Gasteiger partial charge on any atom is -0.496 e. The predicted octanol–water partition coefficient (Wildman–Crippen LogP) is 12.0. The van der Waals surface area contributed by atoms with Gasteiger partial charge in [0.25, 0.3) is 0 Å². The Morgan fingerprint density at radius 2 is 0.894 bits per heavy atom. The molecular formula is C42H66FeO2P2. The second-order valence-electron chi connectivity index (χ2n) is 15.3. The summed E-state index contributed by atoms with van der Waals surface area (Å²) in [7, 11) is 3.23. The van der Waals surface area contributed by atoms with Crippen LogP contribution in [0.15, 0.2) is 24.3 Å². The van der Waals surface area contributed by atoms with Crippen LogP contribution in [0.2, 0.25) is 0 Å². The second-order valence-corrected chi connectivity index (χ2v) is 20.9. The van der Waals surface area contributed by atoms with Gasteiger partial charge in [-0.1, -0.05) is 91.9 Å². The summed E-state index contributed by atoms with van der Waals surface area (Å²) >= 11 is 0.